The molecule has 5 rings (SSSR count). The molecule has 0 unspecified atom stereocenters. The van der Waals surface area contributed by atoms with E-state index in [0.29, 0.717) is 5.69 Å². The summed E-state index contributed by atoms with van der Waals surface area (Å²) in [5, 5.41) is 26.8. The summed E-state index contributed by atoms with van der Waals surface area (Å²) in [5.74, 6) is -0.117. The number of ether oxygens (including phenoxy) is 1. The molecule has 13 nitrogen and oxygen atoms in total. The van der Waals surface area contributed by atoms with E-state index in [9.17, 15) is 27.9 Å². The highest BCUT2D eigenvalue weighted by molar-refractivity contribution is 6.34. The number of hydrogen-bond donors (Lipinski definition) is 2. The van der Waals surface area contributed by atoms with E-state index in [-0.39, 0.29) is 78.2 Å². The Hall–Kier alpha value is -4.88. The summed E-state index contributed by atoms with van der Waals surface area (Å²) >= 11 is 6.54. The minimum atomic E-state index is -4.77. The van der Waals surface area contributed by atoms with Gasteiger partial charge in [0.15, 0.2) is 17.2 Å². The predicted octanol–water partition coefficient (Wildman–Crippen LogP) is 5.37. The molecule has 3 aromatic heterocycles. The smallest absolute Gasteiger partial charge is 0.435 e. The van der Waals surface area contributed by atoms with Gasteiger partial charge in [-0.25, -0.2) is 14.8 Å². The Morgan fingerprint density at radius 3 is 2.54 bits per heavy atom. The molecular weight excluding hydrogens is 655 g/mol. The van der Waals surface area contributed by atoms with Crippen molar-refractivity contribution in [3.63, 3.8) is 0 Å². The van der Waals surface area contributed by atoms with Crippen LogP contribution in [0.15, 0.2) is 43.0 Å². The summed E-state index contributed by atoms with van der Waals surface area (Å²) in [6, 6.07) is 6.45. The maximum absolute atomic E-state index is 13.8. The summed E-state index contributed by atoms with van der Waals surface area (Å²) in [6.45, 7) is 5.46. The molecule has 0 radical (unpaired) electrons. The molecule has 0 aliphatic carbocycles. The number of nitrogens with zero attached hydrogens (tertiary/aromatic N) is 8. The van der Waals surface area contributed by atoms with Gasteiger partial charge in [0.05, 0.1) is 46.3 Å². The molecule has 2 amide bonds. The summed E-state index contributed by atoms with van der Waals surface area (Å²) in [5.41, 5.74) is -2.27. The predicted molar refractivity (Wildman–Crippen MR) is 169 cm³/mol. The zero-order valence-electron chi connectivity index (χ0n) is 26.5. The number of alkyl halides is 3. The number of imidazole rings is 1. The van der Waals surface area contributed by atoms with Crippen LogP contribution in [-0.4, -0.2) is 88.9 Å². The lowest BCUT2D eigenvalue weighted by Crippen LogP contribution is -2.52. The highest BCUT2D eigenvalue weighted by atomic mass is 35.5. The molecule has 2 N–H and O–H groups in total. The van der Waals surface area contributed by atoms with Crippen molar-refractivity contribution < 1.29 is 32.6 Å². The number of hydrogen-bond acceptors (Lipinski definition) is 9. The summed E-state index contributed by atoms with van der Waals surface area (Å²) in [7, 11) is 1.55. The monoisotopic (exact) mass is 687 g/mol. The van der Waals surface area contributed by atoms with Gasteiger partial charge in [0.1, 0.15) is 12.1 Å². The maximum Gasteiger partial charge on any atom is 0.435 e. The lowest BCUT2D eigenvalue weighted by atomic mass is 9.90. The summed E-state index contributed by atoms with van der Waals surface area (Å²) < 4.78 is 49.0. The first-order valence-electron chi connectivity index (χ1n) is 14.8. The molecular formula is C31H33ClF3N9O4. The Bertz CT molecular complexity index is 1890. The van der Waals surface area contributed by atoms with Crippen molar-refractivity contribution in [3.8, 4) is 17.3 Å². The standard InChI is InChI=1S/C31H33ClF3N9O4/c1-29(2,3)48-28(46)41(4)18-30(47)7-11-42(12-8-30)27(45)20-6-5-19(15-22(20)32)39-25-26-38-16-23(44(26)14-10-37-25)21-17-43(13-9-36)40-24(21)31(33,34)35/h5-6,10,14-17,47H,7-8,11-13,18H2,1-4H3,(H,37,39). The third kappa shape index (κ3) is 7.47. The van der Waals surface area contributed by atoms with Gasteiger partial charge in [0.25, 0.3) is 5.91 Å². The molecule has 17 heteroatoms. The van der Waals surface area contributed by atoms with Crippen LogP contribution in [0.1, 0.15) is 49.7 Å². The average molecular weight is 688 g/mol. The van der Waals surface area contributed by atoms with Crippen molar-refractivity contribution in [2.75, 3.05) is 32.0 Å². The second-order valence-corrected chi connectivity index (χ2v) is 12.9. The number of carbonyl (C=O) groups excluding carboxylic acids is 2. The van der Waals surface area contributed by atoms with Crippen molar-refractivity contribution in [2.45, 2.75) is 57.5 Å². The molecule has 1 fully saturated rings. The van der Waals surface area contributed by atoms with E-state index in [1.165, 1.54) is 34.0 Å². The van der Waals surface area contributed by atoms with Gasteiger partial charge >= 0.3 is 12.3 Å². The highest BCUT2D eigenvalue weighted by Gasteiger charge is 2.39. The number of likely N-dealkylation sites (N-methyl/N-ethyl adjacent to an activating group) is 1. The van der Waals surface area contributed by atoms with Crippen molar-refractivity contribution in [2.24, 2.45) is 0 Å². The second-order valence-electron chi connectivity index (χ2n) is 12.5. The number of aromatic nitrogens is 5. The third-order valence-electron chi connectivity index (χ3n) is 7.65. The van der Waals surface area contributed by atoms with Gasteiger partial charge in [-0.2, -0.15) is 23.5 Å². The average Bonchev–Trinajstić information content (AvgIpc) is 3.62. The van der Waals surface area contributed by atoms with Crippen LogP contribution in [0, 0.1) is 11.3 Å². The Balaban J connectivity index is 1.28. The zero-order valence-corrected chi connectivity index (χ0v) is 27.3. The Kier molecular flexibility index (Phi) is 9.31. The van der Waals surface area contributed by atoms with Crippen LogP contribution < -0.4 is 5.32 Å². The molecule has 1 aromatic carbocycles. The van der Waals surface area contributed by atoms with Gasteiger partial charge in [0.2, 0.25) is 0 Å². The first-order valence-corrected chi connectivity index (χ1v) is 15.2. The van der Waals surface area contributed by atoms with E-state index in [4.69, 9.17) is 21.6 Å². The second kappa shape index (κ2) is 13.0. The lowest BCUT2D eigenvalue weighted by Gasteiger charge is -2.40. The van der Waals surface area contributed by atoms with Crippen LogP contribution in [0.25, 0.3) is 16.9 Å². The number of nitrogens with one attached hydrogen (secondary N) is 1. The van der Waals surface area contributed by atoms with Crippen molar-refractivity contribution in [1.82, 2.24) is 33.9 Å². The van der Waals surface area contributed by atoms with Crippen LogP contribution in [0.4, 0.5) is 29.5 Å². The van der Waals surface area contributed by atoms with Crippen LogP contribution in [0.2, 0.25) is 5.02 Å². The molecule has 0 atom stereocenters. The van der Waals surface area contributed by atoms with Gasteiger partial charge in [-0.1, -0.05) is 11.6 Å². The number of halogens is 4. The number of benzene rings is 1. The van der Waals surface area contributed by atoms with E-state index in [1.54, 1.807) is 50.9 Å². The molecule has 254 valence electrons. The number of anilines is 2. The molecule has 1 aliphatic rings. The number of amides is 2. The SMILES string of the molecule is CN(CC1(O)CCN(C(=O)c2ccc(Nc3nccn4c(-c5cn(CC#N)nc5C(F)(F)F)cnc34)cc2Cl)CC1)C(=O)OC(C)(C)C. The van der Waals surface area contributed by atoms with Crippen LogP contribution in [0.5, 0.6) is 0 Å². The zero-order chi connectivity index (χ0) is 35.0. The van der Waals surface area contributed by atoms with Crippen molar-refractivity contribution in [1.29, 1.82) is 5.26 Å². The molecule has 4 heterocycles. The Morgan fingerprint density at radius 1 is 1.21 bits per heavy atom. The first kappa shape index (κ1) is 34.5. The van der Waals surface area contributed by atoms with Crippen LogP contribution in [0.3, 0.4) is 0 Å². The van der Waals surface area contributed by atoms with Gasteiger partial charge in [-0.3, -0.25) is 13.9 Å². The fourth-order valence-electron chi connectivity index (χ4n) is 5.38. The number of carbonyl (C=O) groups is 2. The highest BCUT2D eigenvalue weighted by Crippen LogP contribution is 2.37. The van der Waals surface area contributed by atoms with Gasteiger partial charge in [-0.15, -0.1) is 0 Å². The summed E-state index contributed by atoms with van der Waals surface area (Å²) in [4.78, 5) is 37.2. The quantitative estimate of drug-likeness (QED) is 0.261. The number of likely N-dealkylation sites (tertiary alicyclic amines) is 1. The Morgan fingerprint density at radius 2 is 1.92 bits per heavy atom. The van der Waals surface area contributed by atoms with Gasteiger partial charge in [-0.05, 0) is 51.8 Å². The maximum atomic E-state index is 13.8. The Labute approximate surface area is 278 Å². The lowest BCUT2D eigenvalue weighted by molar-refractivity contribution is -0.141. The molecule has 0 saturated carbocycles. The van der Waals surface area contributed by atoms with Crippen LogP contribution >= 0.6 is 11.6 Å². The van der Waals surface area contributed by atoms with Gasteiger partial charge < -0.3 is 25.0 Å². The number of rotatable bonds is 7. The molecule has 1 saturated heterocycles. The number of aliphatic hydroxyl groups is 1. The van der Waals surface area contributed by atoms with E-state index >= 15 is 0 Å². The topological polar surface area (TPSA) is 154 Å². The van der Waals surface area contributed by atoms with E-state index in [2.05, 4.69) is 20.4 Å². The molecule has 0 spiro atoms. The number of piperidine rings is 1. The van der Waals surface area contributed by atoms with E-state index in [1.807, 2.05) is 0 Å². The minimum absolute atomic E-state index is 0.0538. The molecule has 4 aromatic rings. The number of nitriles is 1. The molecule has 0 bridgehead atoms. The van der Waals surface area contributed by atoms with E-state index in [0.717, 1.165) is 10.9 Å². The third-order valence-corrected chi connectivity index (χ3v) is 7.96. The molecule has 1 aliphatic heterocycles. The normalized spacial score (nSPS) is 14.9. The van der Waals surface area contributed by atoms with Gasteiger partial charge in [0, 0.05) is 44.4 Å². The van der Waals surface area contributed by atoms with Crippen molar-refractivity contribution in [3.05, 3.63) is 59.3 Å². The number of fused-ring (bicyclic) bond motifs is 1. The largest absolute Gasteiger partial charge is 0.444 e. The summed E-state index contributed by atoms with van der Waals surface area (Å²) in [6.07, 6.45) is 0.416. The van der Waals surface area contributed by atoms with Crippen LogP contribution in [-0.2, 0) is 17.5 Å². The fourth-order valence-corrected chi connectivity index (χ4v) is 5.64. The van der Waals surface area contributed by atoms with Crippen molar-refractivity contribution >= 4 is 40.8 Å². The van der Waals surface area contributed by atoms with E-state index < -0.39 is 29.2 Å². The fraction of sp³-hybridized carbons (Fsp3) is 0.419. The molecule has 48 heavy (non-hydrogen) atoms. The minimum Gasteiger partial charge on any atom is -0.444 e. The first-order chi connectivity index (χ1) is 22.5.